The van der Waals surface area contributed by atoms with Crippen molar-refractivity contribution in [2.45, 2.75) is 197 Å². The van der Waals surface area contributed by atoms with Gasteiger partial charge in [-0.25, -0.2) is 0 Å². The maximum atomic E-state index is 15.7. The number of halogens is 4. The molecule has 2 aromatic carbocycles. The quantitative estimate of drug-likeness (QED) is 0.215. The Kier molecular flexibility index (Phi) is 28.6. The number of rotatable bonds is 12. The van der Waals surface area contributed by atoms with Gasteiger partial charge in [0.1, 0.15) is 53.9 Å². The number of likely N-dealkylation sites (N-methyl/N-ethyl adjacent to an activating group) is 8. The topological polar surface area (TPSA) is 271 Å². The number of ether oxygens (including phenoxy) is 1. The van der Waals surface area contributed by atoms with Gasteiger partial charge < -0.3 is 64.4 Å². The van der Waals surface area contributed by atoms with Gasteiger partial charge in [-0.1, -0.05) is 92.8 Å². The number of carbonyl (C=O) groups is 12. The van der Waals surface area contributed by atoms with Crippen molar-refractivity contribution in [3.05, 3.63) is 81.9 Å². The van der Waals surface area contributed by atoms with Crippen LogP contribution in [0.5, 0.6) is 0 Å². The average molecular weight is 1470 g/mol. The fourth-order valence-corrected chi connectivity index (χ4v) is 15.1. The Morgan fingerprint density at radius 3 is 1.97 bits per heavy atom. The molecule has 3 heterocycles. The van der Waals surface area contributed by atoms with Crippen LogP contribution in [0.4, 0.5) is 13.2 Å². The molecule has 25 nitrogen and oxygen atoms in total. The molecule has 29 heteroatoms. The van der Waals surface area contributed by atoms with Gasteiger partial charge in [-0.2, -0.15) is 13.2 Å². The molecule has 2 aromatic rings. The van der Waals surface area contributed by atoms with E-state index in [4.69, 9.17) is 22.8 Å². The molecule has 4 fully saturated rings. The lowest BCUT2D eigenvalue weighted by Gasteiger charge is -2.51. The van der Waals surface area contributed by atoms with Crippen LogP contribution < -0.4 is 10.6 Å². The molecule has 2 bridgehead atoms. The smallest absolute Gasteiger partial charge is 0.377 e. The lowest BCUT2D eigenvalue weighted by molar-refractivity contribution is -0.166. The normalized spacial score (nSPS) is 26.4. The van der Waals surface area contributed by atoms with Crippen LogP contribution in [0.25, 0.3) is 0 Å². The number of aryl methyl sites for hydroxylation is 2. The molecule has 7 rings (SSSR count). The van der Waals surface area contributed by atoms with Crippen molar-refractivity contribution >= 4 is 82.5 Å². The Balaban J connectivity index is 1.34. The van der Waals surface area contributed by atoms with Gasteiger partial charge in [0.15, 0.2) is 0 Å². The summed E-state index contributed by atoms with van der Waals surface area (Å²) < 4.78 is 48.1. The SMILES string of the molecule is C#CC[C@H]1C(=O)N[C@@H]([C@@H](C)CC)C(=O)N(C)CC(=O)N(C)[C@H]2C/C=C\CCN(C2=O)[C@@H](Cc2ccc(C)cc2)C(=O)N(C)CC(=O)N[C@@H](CCc2ccc(C(F)(F)F)c(Cl)c2)C(=O)N2C[C@H](OCC)C[C@H]2C(=O)N(C)C2(CCC2)C(=O)N(C)[C@@H](C2CCCC2)C(=O)N(C)[C@H](C(=O)N(C)C)CC(=O)N1C. The summed E-state index contributed by atoms with van der Waals surface area (Å²) >= 11 is 6.20. The number of amides is 12. The van der Waals surface area contributed by atoms with Crippen LogP contribution in [0, 0.1) is 31.1 Å². The molecule has 5 aliphatic rings. The van der Waals surface area contributed by atoms with Crippen molar-refractivity contribution in [2.75, 3.05) is 96.2 Å². The van der Waals surface area contributed by atoms with E-state index in [-0.39, 0.29) is 83.0 Å². The van der Waals surface area contributed by atoms with Crippen LogP contribution in [0.3, 0.4) is 0 Å². The number of nitrogens with one attached hydrogen (secondary N) is 2. The minimum Gasteiger partial charge on any atom is -0.377 e. The molecule has 1 spiro atoms. The van der Waals surface area contributed by atoms with Gasteiger partial charge in [-0.15, -0.1) is 12.3 Å². The Morgan fingerprint density at radius 2 is 1.38 bits per heavy atom. The van der Waals surface area contributed by atoms with E-state index < -0.39 is 179 Å². The molecule has 0 unspecified atom stereocenters. The molecule has 0 radical (unpaired) electrons. The van der Waals surface area contributed by atoms with Gasteiger partial charge >= 0.3 is 6.18 Å². The van der Waals surface area contributed by atoms with Crippen molar-refractivity contribution < 1.29 is 75.4 Å². The first kappa shape index (κ1) is 82.7. The molecule has 104 heavy (non-hydrogen) atoms. The fourth-order valence-electron chi connectivity index (χ4n) is 14.8. The highest BCUT2D eigenvalue weighted by atomic mass is 35.5. The minimum atomic E-state index is -4.79. The van der Waals surface area contributed by atoms with Gasteiger partial charge in [-0.3, -0.25) is 57.5 Å². The zero-order chi connectivity index (χ0) is 77.0. The average Bonchev–Trinajstić information content (AvgIpc) is 1.11. The molecule has 12 amide bonds. The summed E-state index contributed by atoms with van der Waals surface area (Å²) in [4.78, 5) is 193. The second-order valence-corrected chi connectivity index (χ2v) is 29.2. The summed E-state index contributed by atoms with van der Waals surface area (Å²) in [6.45, 7) is 5.75. The van der Waals surface area contributed by atoms with Gasteiger partial charge in [0.2, 0.25) is 70.9 Å². The number of nitrogens with zero attached hydrogens (tertiary/aromatic N) is 10. The van der Waals surface area contributed by atoms with Crippen LogP contribution in [0.2, 0.25) is 5.02 Å². The largest absolute Gasteiger partial charge is 0.417 e. The molecule has 0 aromatic heterocycles. The van der Waals surface area contributed by atoms with Crippen LogP contribution in [-0.4, -0.2) is 276 Å². The number of hydrogen-bond acceptors (Lipinski definition) is 13. The molecular formula is C75H104ClF3N12O13. The Hall–Kier alpha value is -8.58. The summed E-state index contributed by atoms with van der Waals surface area (Å²) in [5.74, 6) is -7.24. The van der Waals surface area contributed by atoms with E-state index in [9.17, 15) is 41.9 Å². The summed E-state index contributed by atoms with van der Waals surface area (Å²) in [7, 11) is 12.6. The van der Waals surface area contributed by atoms with E-state index in [2.05, 4.69) is 16.6 Å². The van der Waals surface area contributed by atoms with Crippen molar-refractivity contribution in [1.29, 1.82) is 0 Å². The first-order valence-electron chi connectivity index (χ1n) is 35.9. The predicted molar refractivity (Wildman–Crippen MR) is 382 cm³/mol. The van der Waals surface area contributed by atoms with Gasteiger partial charge in [0.25, 0.3) is 0 Å². The van der Waals surface area contributed by atoms with Gasteiger partial charge in [0, 0.05) is 102 Å². The number of hydrogen-bond donors (Lipinski definition) is 2. The summed E-state index contributed by atoms with van der Waals surface area (Å²) in [6, 6.07) is -0.528. The van der Waals surface area contributed by atoms with Crippen LogP contribution in [-0.2, 0) is 81.3 Å². The van der Waals surface area contributed by atoms with Gasteiger partial charge in [0.05, 0.1) is 36.2 Å². The zero-order valence-electron chi connectivity index (χ0n) is 62.3. The van der Waals surface area contributed by atoms with Gasteiger partial charge in [-0.05, 0) is 107 Å². The third-order valence-electron chi connectivity index (χ3n) is 21.7. The van der Waals surface area contributed by atoms with Crippen LogP contribution in [0.1, 0.15) is 133 Å². The Labute approximate surface area is 613 Å². The molecule has 10 atom stereocenters. The zero-order valence-corrected chi connectivity index (χ0v) is 63.0. The monoisotopic (exact) mass is 1470 g/mol. The van der Waals surface area contributed by atoms with Crippen molar-refractivity contribution in [2.24, 2.45) is 11.8 Å². The maximum Gasteiger partial charge on any atom is 0.417 e. The van der Waals surface area contributed by atoms with E-state index in [1.807, 2.05) is 19.1 Å². The minimum absolute atomic E-state index is 0.0135. The number of fused-ring (bicyclic) bond motifs is 3. The first-order valence-corrected chi connectivity index (χ1v) is 36.3. The van der Waals surface area contributed by atoms with E-state index >= 15 is 28.8 Å². The number of carbonyl (C=O) groups excluding carboxylic acids is 12. The highest BCUT2D eigenvalue weighted by Crippen LogP contribution is 2.43. The molecule has 3 aliphatic heterocycles. The molecule has 2 saturated carbocycles. The lowest BCUT2D eigenvalue weighted by atomic mass is 9.73. The second kappa shape index (κ2) is 35.9. The standard InChI is InChI=1S/C75H104ClF3N12O13/c1-15-24-55-65(95)81-63(47(5)16-2)71(101)84(9)45-62(94)86(11)56-27-19-18-22-38-90(70(56)100)58(40-49-30-28-46(4)29-31-49)68(98)83(8)44-60(92)80-54(35-33-48-32-34-52(53(76)39-48)75(77,78)79)66(96)91-43-51(104-17-3)41-59(91)69(99)89(14)74(36-23-37-74)73(103)88(13)64(50-25-20-21-26-50)72(102)87(12)57(67(97)82(6)7)42-61(93)85(55)10/h1,18-19,28-32,34,39,47,50-51,54-59,63-64H,16-17,20-27,33,35-38,40-45H2,2-14H3,(H,80,92)(H,81,95)/b19-18-/t47-,51+,54-,55-,56-,57-,58-,59-,63-,64-/m0/s1. The van der Waals surface area contributed by atoms with Crippen LogP contribution in [0.15, 0.2) is 54.6 Å². The highest BCUT2D eigenvalue weighted by Gasteiger charge is 2.56. The molecule has 2 N–H and O–H groups in total. The second-order valence-electron chi connectivity index (χ2n) is 28.8. The fraction of sp³-hybridized carbons (Fsp3) is 0.627. The highest BCUT2D eigenvalue weighted by molar-refractivity contribution is 6.31. The van der Waals surface area contributed by atoms with Crippen molar-refractivity contribution in [1.82, 2.24) is 59.6 Å². The lowest BCUT2D eigenvalue weighted by Crippen LogP contribution is -2.68. The van der Waals surface area contributed by atoms with E-state index in [0.717, 1.165) is 37.3 Å². The molecular weight excluding hydrogens is 1370 g/mol. The predicted octanol–water partition coefficient (Wildman–Crippen LogP) is 4.72. The van der Waals surface area contributed by atoms with Crippen molar-refractivity contribution in [3.8, 4) is 12.3 Å². The van der Waals surface area contributed by atoms with E-state index in [0.29, 0.717) is 44.1 Å². The van der Waals surface area contributed by atoms with Crippen LogP contribution >= 0.6 is 11.6 Å². The first-order chi connectivity index (χ1) is 49.0. The van der Waals surface area contributed by atoms with E-state index in [1.165, 1.54) is 98.9 Å². The maximum absolute atomic E-state index is 15.7. The summed E-state index contributed by atoms with van der Waals surface area (Å²) in [5, 5.41) is 4.96. The molecule has 570 valence electrons. The number of terminal acetylenes is 1. The summed E-state index contributed by atoms with van der Waals surface area (Å²) in [5.41, 5.74) is -0.874. The number of benzene rings is 2. The number of alkyl halides is 3. The Bertz CT molecular complexity index is 3580. The summed E-state index contributed by atoms with van der Waals surface area (Å²) in [6.07, 6.45) is 6.08. The third kappa shape index (κ3) is 19.1. The molecule has 2 saturated heterocycles. The molecule has 2 aliphatic carbocycles. The third-order valence-corrected chi connectivity index (χ3v) is 22.0. The van der Waals surface area contributed by atoms with E-state index in [1.54, 1.807) is 45.1 Å². The Morgan fingerprint density at radius 1 is 0.740 bits per heavy atom. The van der Waals surface area contributed by atoms with Crippen molar-refractivity contribution in [3.63, 3.8) is 0 Å².